The van der Waals surface area contributed by atoms with Gasteiger partial charge < -0.3 is 9.80 Å². The average molecular weight is 741 g/mol. The molecule has 50 heavy (non-hydrogen) atoms. The molecule has 0 atom stereocenters. The highest BCUT2D eigenvalue weighted by Crippen LogP contribution is 2.49. The largest absolute Gasteiger partial charge is 0.340 e. The Balaban J connectivity index is 0.697. The molecule has 2 aliphatic rings. The summed E-state index contributed by atoms with van der Waals surface area (Å²) in [6.45, 7) is 2.24. The van der Waals surface area contributed by atoms with Gasteiger partial charge in [-0.2, -0.15) is 0 Å². The SMILES string of the molecule is c1ccc2c(c1)Sc1ccccc1N2CCCCCCCCCCSSCCCCCCCCCCN1c2ccccc2Sc2ccccc21. The molecule has 6 heteroatoms. The molecule has 2 aliphatic heterocycles. The van der Waals surface area contributed by atoms with Gasteiger partial charge in [-0.3, -0.25) is 0 Å². The lowest BCUT2D eigenvalue weighted by Gasteiger charge is -2.32. The monoisotopic (exact) mass is 740 g/mol. The highest BCUT2D eigenvalue weighted by molar-refractivity contribution is 8.76. The molecular weight excluding hydrogens is 685 g/mol. The molecule has 0 aliphatic carbocycles. The predicted octanol–water partition coefficient (Wildman–Crippen LogP) is 15.2. The van der Waals surface area contributed by atoms with Crippen molar-refractivity contribution in [3.8, 4) is 0 Å². The Morgan fingerprint density at radius 1 is 0.320 bits per heavy atom. The molecule has 6 rings (SSSR count). The fourth-order valence-electron chi connectivity index (χ4n) is 7.15. The molecule has 2 heterocycles. The van der Waals surface area contributed by atoms with Gasteiger partial charge in [-0.25, -0.2) is 0 Å². The molecular formula is C44H56N2S4. The number of anilines is 4. The first kappa shape index (κ1) is 37.6. The lowest BCUT2D eigenvalue weighted by Crippen LogP contribution is -2.21. The number of para-hydroxylation sites is 4. The van der Waals surface area contributed by atoms with Gasteiger partial charge in [0.05, 0.1) is 22.7 Å². The van der Waals surface area contributed by atoms with E-state index in [-0.39, 0.29) is 0 Å². The first-order valence-corrected chi connectivity index (χ1v) is 23.5. The number of unbranched alkanes of at least 4 members (excludes halogenated alkanes) is 14. The number of fused-ring (bicyclic) bond motifs is 4. The van der Waals surface area contributed by atoms with Crippen molar-refractivity contribution < 1.29 is 0 Å². The summed E-state index contributed by atoms with van der Waals surface area (Å²) in [6, 6.07) is 35.6. The van der Waals surface area contributed by atoms with Gasteiger partial charge in [0.25, 0.3) is 0 Å². The van der Waals surface area contributed by atoms with Crippen LogP contribution in [-0.2, 0) is 0 Å². The third-order valence-electron chi connectivity index (χ3n) is 9.87. The van der Waals surface area contributed by atoms with Gasteiger partial charge in [0, 0.05) is 44.2 Å². The first-order valence-electron chi connectivity index (χ1n) is 19.4. The van der Waals surface area contributed by atoms with E-state index in [2.05, 4.69) is 128 Å². The lowest BCUT2D eigenvalue weighted by atomic mass is 10.1. The normalized spacial score (nSPS) is 13.1. The Labute approximate surface area is 319 Å². The van der Waals surface area contributed by atoms with Crippen LogP contribution in [-0.4, -0.2) is 24.6 Å². The summed E-state index contributed by atoms with van der Waals surface area (Å²) in [4.78, 5) is 10.6. The van der Waals surface area contributed by atoms with Crippen molar-refractivity contribution >= 4 is 67.9 Å². The van der Waals surface area contributed by atoms with Gasteiger partial charge in [0.15, 0.2) is 0 Å². The van der Waals surface area contributed by atoms with Crippen molar-refractivity contribution in [1.29, 1.82) is 0 Å². The van der Waals surface area contributed by atoms with E-state index in [9.17, 15) is 0 Å². The molecule has 0 unspecified atom stereocenters. The summed E-state index contributed by atoms with van der Waals surface area (Å²) < 4.78 is 0. The standard InChI is InChI=1S/C44H56N2S4/c1(5-9-21-33-45-37-25-13-17-29-41(37)49-42-30-18-14-26-38(42)45)3-7-11-23-35-47-48-36-24-12-8-4-2-6-10-22-34-46-39-27-15-19-31-43(39)50-44-32-20-16-28-40(44)46/h13-20,25-32H,1-12,21-24,33-36H2. The Morgan fingerprint density at radius 3 is 0.900 bits per heavy atom. The van der Waals surface area contributed by atoms with Crippen molar-refractivity contribution in [1.82, 2.24) is 0 Å². The maximum Gasteiger partial charge on any atom is 0.0552 e. The molecule has 0 radical (unpaired) electrons. The Hall–Kier alpha value is -2.12. The van der Waals surface area contributed by atoms with Gasteiger partial charge in [-0.15, -0.1) is 0 Å². The molecule has 4 aromatic rings. The van der Waals surface area contributed by atoms with Gasteiger partial charge in [-0.1, -0.05) is 171 Å². The highest BCUT2D eigenvalue weighted by Gasteiger charge is 2.23. The van der Waals surface area contributed by atoms with Crippen LogP contribution in [0.4, 0.5) is 22.7 Å². The van der Waals surface area contributed by atoms with Crippen molar-refractivity contribution in [3.05, 3.63) is 97.1 Å². The van der Waals surface area contributed by atoms with Crippen molar-refractivity contribution in [2.75, 3.05) is 34.4 Å². The average Bonchev–Trinajstić information content (AvgIpc) is 3.16. The third-order valence-corrected chi connectivity index (χ3v) is 14.7. The predicted molar refractivity (Wildman–Crippen MR) is 227 cm³/mol. The van der Waals surface area contributed by atoms with Crippen molar-refractivity contribution in [2.24, 2.45) is 0 Å². The summed E-state index contributed by atoms with van der Waals surface area (Å²) in [5.41, 5.74) is 5.52. The van der Waals surface area contributed by atoms with Crippen LogP contribution in [0, 0.1) is 0 Å². The van der Waals surface area contributed by atoms with E-state index in [1.54, 1.807) is 0 Å². The van der Waals surface area contributed by atoms with Crippen LogP contribution < -0.4 is 9.80 Å². The Bertz CT molecular complexity index is 1370. The molecule has 0 spiro atoms. The van der Waals surface area contributed by atoms with E-state index in [1.807, 2.05) is 23.5 Å². The fraction of sp³-hybridized carbons (Fsp3) is 0.455. The summed E-state index contributed by atoms with van der Waals surface area (Å²) in [7, 11) is 4.24. The third kappa shape index (κ3) is 11.2. The molecule has 2 nitrogen and oxygen atoms in total. The fourth-order valence-corrected chi connectivity index (χ4v) is 11.6. The summed E-state index contributed by atoms with van der Waals surface area (Å²) in [6.07, 6.45) is 22.0. The Morgan fingerprint density at radius 2 is 0.580 bits per heavy atom. The van der Waals surface area contributed by atoms with Gasteiger partial charge in [0.1, 0.15) is 0 Å². The second kappa shape index (κ2) is 21.4. The van der Waals surface area contributed by atoms with Crippen LogP contribution in [0.5, 0.6) is 0 Å². The van der Waals surface area contributed by atoms with Crippen molar-refractivity contribution in [2.45, 2.75) is 122 Å². The van der Waals surface area contributed by atoms with Crippen LogP contribution in [0.2, 0.25) is 0 Å². The molecule has 4 aromatic carbocycles. The molecule has 0 fully saturated rings. The molecule has 0 amide bonds. The molecule has 0 aromatic heterocycles. The van der Waals surface area contributed by atoms with E-state index in [0.29, 0.717) is 0 Å². The number of rotatable bonds is 23. The van der Waals surface area contributed by atoms with E-state index < -0.39 is 0 Å². The first-order chi connectivity index (χ1) is 24.9. The molecule has 0 N–H and O–H groups in total. The van der Waals surface area contributed by atoms with Crippen LogP contribution in [0.25, 0.3) is 0 Å². The number of hydrogen-bond acceptors (Lipinski definition) is 6. The maximum absolute atomic E-state index is 2.55. The highest BCUT2D eigenvalue weighted by atomic mass is 33.1. The van der Waals surface area contributed by atoms with Crippen LogP contribution in [0.1, 0.15) is 103 Å². The zero-order chi connectivity index (χ0) is 34.1. The molecule has 0 saturated heterocycles. The second-order valence-electron chi connectivity index (χ2n) is 13.7. The van der Waals surface area contributed by atoms with E-state index in [0.717, 1.165) is 13.1 Å². The molecule has 266 valence electrons. The van der Waals surface area contributed by atoms with Crippen molar-refractivity contribution in [3.63, 3.8) is 0 Å². The number of hydrogen-bond donors (Lipinski definition) is 0. The van der Waals surface area contributed by atoms with Gasteiger partial charge >= 0.3 is 0 Å². The minimum atomic E-state index is 1.12. The van der Waals surface area contributed by atoms with Crippen LogP contribution in [0.3, 0.4) is 0 Å². The summed E-state index contributed by atoms with van der Waals surface area (Å²) >= 11 is 3.82. The quantitative estimate of drug-likeness (QED) is 0.0548. The Kier molecular flexibility index (Phi) is 16.1. The smallest absolute Gasteiger partial charge is 0.0552 e. The summed E-state index contributed by atoms with van der Waals surface area (Å²) in [5, 5.41) is 0. The number of benzene rings is 4. The topological polar surface area (TPSA) is 6.48 Å². The maximum atomic E-state index is 2.55. The minimum Gasteiger partial charge on any atom is -0.340 e. The van der Waals surface area contributed by atoms with E-state index in [1.165, 1.54) is 157 Å². The second-order valence-corrected chi connectivity index (χ2v) is 18.5. The minimum absolute atomic E-state index is 1.12. The zero-order valence-corrected chi connectivity index (χ0v) is 33.2. The van der Waals surface area contributed by atoms with Crippen LogP contribution >= 0.6 is 45.1 Å². The molecule has 0 saturated carbocycles. The molecule has 0 bridgehead atoms. The van der Waals surface area contributed by atoms with Gasteiger partial charge in [0.2, 0.25) is 0 Å². The van der Waals surface area contributed by atoms with Gasteiger partial charge in [-0.05, 0) is 74.2 Å². The van der Waals surface area contributed by atoms with Crippen LogP contribution in [0.15, 0.2) is 117 Å². The van der Waals surface area contributed by atoms with E-state index >= 15 is 0 Å². The zero-order valence-electron chi connectivity index (χ0n) is 29.9. The lowest BCUT2D eigenvalue weighted by molar-refractivity contribution is 0.577. The summed E-state index contributed by atoms with van der Waals surface area (Å²) in [5.74, 6) is 2.66. The van der Waals surface area contributed by atoms with E-state index in [4.69, 9.17) is 0 Å². The number of nitrogens with zero attached hydrogens (tertiary/aromatic N) is 2.